The molecule has 0 fully saturated rings. The van der Waals surface area contributed by atoms with Crippen molar-refractivity contribution in [2.45, 2.75) is 6.42 Å². The summed E-state index contributed by atoms with van der Waals surface area (Å²) in [5.74, 6) is -4.96. The third-order valence-electron chi connectivity index (χ3n) is 2.88. The molecule has 0 spiro atoms. The molecule has 0 atom stereocenters. The molecule has 0 aliphatic carbocycles. The minimum absolute atomic E-state index is 0.139. The number of benzene rings is 2. The number of halogens is 3. The second-order valence-electron chi connectivity index (χ2n) is 4.43. The van der Waals surface area contributed by atoms with Crippen molar-refractivity contribution in [1.82, 2.24) is 5.32 Å². The predicted molar refractivity (Wildman–Crippen MR) is 70.5 cm³/mol. The summed E-state index contributed by atoms with van der Waals surface area (Å²) >= 11 is 0. The maximum absolute atomic E-state index is 13.0. The van der Waals surface area contributed by atoms with Gasteiger partial charge in [-0.15, -0.1) is 0 Å². The topological polar surface area (TPSA) is 49.3 Å². The van der Waals surface area contributed by atoms with Crippen LogP contribution in [0.25, 0.3) is 0 Å². The monoisotopic (exact) mass is 295 g/mol. The first-order chi connectivity index (χ1) is 9.97. The van der Waals surface area contributed by atoms with Crippen LogP contribution in [0, 0.1) is 17.5 Å². The van der Waals surface area contributed by atoms with Crippen molar-refractivity contribution in [1.29, 1.82) is 0 Å². The van der Waals surface area contributed by atoms with E-state index in [1.807, 2.05) is 0 Å². The van der Waals surface area contributed by atoms with Gasteiger partial charge in [-0.3, -0.25) is 4.79 Å². The van der Waals surface area contributed by atoms with Crippen LogP contribution < -0.4 is 5.32 Å². The number of aromatic hydroxyl groups is 1. The van der Waals surface area contributed by atoms with Gasteiger partial charge in [0.1, 0.15) is 5.75 Å². The van der Waals surface area contributed by atoms with E-state index in [-0.39, 0.29) is 17.9 Å². The van der Waals surface area contributed by atoms with Gasteiger partial charge >= 0.3 is 0 Å². The van der Waals surface area contributed by atoms with E-state index in [1.165, 1.54) is 12.1 Å². The van der Waals surface area contributed by atoms with Gasteiger partial charge < -0.3 is 10.4 Å². The van der Waals surface area contributed by atoms with Crippen molar-refractivity contribution < 1.29 is 23.1 Å². The molecule has 3 nitrogen and oxygen atoms in total. The number of amides is 1. The van der Waals surface area contributed by atoms with Gasteiger partial charge in [-0.05, 0) is 36.2 Å². The number of phenolic OH excluding ortho intramolecular Hbond substituents is 1. The summed E-state index contributed by atoms with van der Waals surface area (Å²) in [4.78, 5) is 11.7. The van der Waals surface area contributed by atoms with Gasteiger partial charge in [0.25, 0.3) is 5.91 Å². The average Bonchev–Trinajstić information content (AvgIpc) is 2.46. The van der Waals surface area contributed by atoms with E-state index in [0.717, 1.165) is 5.56 Å². The van der Waals surface area contributed by atoms with Crippen molar-refractivity contribution in [3.8, 4) is 5.75 Å². The lowest BCUT2D eigenvalue weighted by Crippen LogP contribution is -2.26. The predicted octanol–water partition coefficient (Wildman–Crippen LogP) is 2.78. The molecule has 0 radical (unpaired) electrons. The Kier molecular flexibility index (Phi) is 4.47. The summed E-state index contributed by atoms with van der Waals surface area (Å²) in [6.07, 6.45) is 0.484. The maximum atomic E-state index is 13.0. The maximum Gasteiger partial charge on any atom is 0.251 e. The molecule has 0 aliphatic heterocycles. The molecule has 2 aromatic carbocycles. The van der Waals surface area contributed by atoms with Crippen LogP contribution in [0.5, 0.6) is 5.75 Å². The molecule has 0 saturated heterocycles. The summed E-state index contributed by atoms with van der Waals surface area (Å²) in [6, 6.07) is 7.71. The van der Waals surface area contributed by atoms with Gasteiger partial charge in [0, 0.05) is 12.1 Å². The highest BCUT2D eigenvalue weighted by Gasteiger charge is 2.14. The number of hydrogen-bond acceptors (Lipinski definition) is 2. The van der Waals surface area contributed by atoms with Crippen LogP contribution >= 0.6 is 0 Å². The first kappa shape index (κ1) is 14.9. The summed E-state index contributed by atoms with van der Waals surface area (Å²) in [6.45, 7) is 0.240. The molecule has 0 heterocycles. The van der Waals surface area contributed by atoms with E-state index in [0.29, 0.717) is 18.6 Å². The Balaban J connectivity index is 1.94. The van der Waals surface area contributed by atoms with Crippen LogP contribution in [0.2, 0.25) is 0 Å². The second-order valence-corrected chi connectivity index (χ2v) is 4.43. The lowest BCUT2D eigenvalue weighted by molar-refractivity contribution is 0.0953. The Morgan fingerprint density at radius 1 is 1.05 bits per heavy atom. The fourth-order valence-electron chi connectivity index (χ4n) is 1.77. The molecule has 0 aromatic heterocycles. The zero-order valence-electron chi connectivity index (χ0n) is 10.9. The van der Waals surface area contributed by atoms with Gasteiger partial charge in [-0.1, -0.05) is 12.1 Å². The molecule has 0 saturated carbocycles. The Morgan fingerprint density at radius 2 is 1.62 bits per heavy atom. The molecule has 0 bridgehead atoms. The average molecular weight is 295 g/mol. The molecule has 0 aliphatic rings. The normalized spacial score (nSPS) is 10.4. The molecule has 110 valence electrons. The summed E-state index contributed by atoms with van der Waals surface area (Å²) in [5.41, 5.74) is 0.599. The number of rotatable bonds is 4. The fraction of sp³-hybridized carbons (Fsp3) is 0.133. The van der Waals surface area contributed by atoms with Crippen LogP contribution in [0.3, 0.4) is 0 Å². The van der Waals surface area contributed by atoms with Gasteiger partial charge in [-0.25, -0.2) is 13.2 Å². The quantitative estimate of drug-likeness (QED) is 0.852. The zero-order valence-corrected chi connectivity index (χ0v) is 10.9. The Labute approximate surface area is 119 Å². The third kappa shape index (κ3) is 3.75. The Hall–Kier alpha value is -2.50. The van der Waals surface area contributed by atoms with Gasteiger partial charge in [-0.2, -0.15) is 0 Å². The third-order valence-corrected chi connectivity index (χ3v) is 2.88. The van der Waals surface area contributed by atoms with Gasteiger partial charge in [0.2, 0.25) is 0 Å². The van der Waals surface area contributed by atoms with Crippen molar-refractivity contribution in [2.75, 3.05) is 6.54 Å². The van der Waals surface area contributed by atoms with E-state index in [1.54, 1.807) is 12.1 Å². The van der Waals surface area contributed by atoms with Gasteiger partial charge in [0.05, 0.1) is 0 Å². The van der Waals surface area contributed by atoms with Crippen LogP contribution in [0.1, 0.15) is 15.9 Å². The van der Waals surface area contributed by atoms with E-state index in [2.05, 4.69) is 5.32 Å². The SMILES string of the molecule is O=C(NCCc1ccc(O)cc1)c1cc(F)c(F)c(F)c1. The Morgan fingerprint density at radius 3 is 2.19 bits per heavy atom. The van der Waals surface area contributed by atoms with Crippen molar-refractivity contribution in [3.05, 3.63) is 65.0 Å². The lowest BCUT2D eigenvalue weighted by Gasteiger charge is -2.06. The minimum atomic E-state index is -1.60. The summed E-state index contributed by atoms with van der Waals surface area (Å²) in [7, 11) is 0. The molecule has 2 rings (SSSR count). The van der Waals surface area contributed by atoms with Crippen LogP contribution in [0.4, 0.5) is 13.2 Å². The highest BCUT2D eigenvalue weighted by Crippen LogP contribution is 2.13. The number of phenols is 1. The van der Waals surface area contributed by atoms with Crippen LogP contribution in [-0.4, -0.2) is 17.6 Å². The number of carbonyl (C=O) groups excluding carboxylic acids is 1. The second kappa shape index (κ2) is 6.30. The zero-order chi connectivity index (χ0) is 15.4. The highest BCUT2D eigenvalue weighted by atomic mass is 19.2. The van der Waals surface area contributed by atoms with E-state index in [4.69, 9.17) is 5.11 Å². The lowest BCUT2D eigenvalue weighted by atomic mass is 10.1. The molecule has 1 amide bonds. The molecular formula is C15H12F3NO2. The summed E-state index contributed by atoms with van der Waals surface area (Å²) < 4.78 is 38.8. The van der Waals surface area contributed by atoms with Gasteiger partial charge in [0.15, 0.2) is 17.5 Å². The Bertz CT molecular complexity index is 633. The number of hydrogen-bond donors (Lipinski definition) is 2. The van der Waals surface area contributed by atoms with Crippen molar-refractivity contribution in [2.24, 2.45) is 0 Å². The molecule has 0 unspecified atom stereocenters. The minimum Gasteiger partial charge on any atom is -0.508 e. The molecule has 6 heteroatoms. The molecule has 2 aromatic rings. The van der Waals surface area contributed by atoms with Crippen LogP contribution in [-0.2, 0) is 6.42 Å². The molecule has 21 heavy (non-hydrogen) atoms. The molecule has 2 N–H and O–H groups in total. The van der Waals surface area contributed by atoms with Crippen LogP contribution in [0.15, 0.2) is 36.4 Å². The first-order valence-corrected chi connectivity index (χ1v) is 6.18. The van der Waals surface area contributed by atoms with E-state index >= 15 is 0 Å². The number of nitrogens with one attached hydrogen (secondary N) is 1. The fourth-order valence-corrected chi connectivity index (χ4v) is 1.77. The first-order valence-electron chi connectivity index (χ1n) is 6.18. The summed E-state index contributed by atoms with van der Waals surface area (Å²) in [5, 5.41) is 11.6. The largest absolute Gasteiger partial charge is 0.508 e. The smallest absolute Gasteiger partial charge is 0.251 e. The van der Waals surface area contributed by atoms with Crippen molar-refractivity contribution >= 4 is 5.91 Å². The highest BCUT2D eigenvalue weighted by molar-refractivity contribution is 5.94. The van der Waals surface area contributed by atoms with E-state index < -0.39 is 23.4 Å². The standard InChI is InChI=1S/C15H12F3NO2/c16-12-7-10(8-13(17)14(12)18)15(21)19-6-5-9-1-3-11(20)4-2-9/h1-4,7-8,20H,5-6H2,(H,19,21). The molecular weight excluding hydrogens is 283 g/mol. The van der Waals surface area contributed by atoms with E-state index in [9.17, 15) is 18.0 Å². The van der Waals surface area contributed by atoms with Crippen molar-refractivity contribution in [3.63, 3.8) is 0 Å². The number of carbonyl (C=O) groups is 1.